The topological polar surface area (TPSA) is 92.4 Å². The molecule has 1 aromatic rings. The van der Waals surface area contributed by atoms with Gasteiger partial charge in [0.1, 0.15) is 0 Å². The van der Waals surface area contributed by atoms with Gasteiger partial charge in [-0.05, 0) is 53.9 Å². The molecule has 6 heteroatoms. The number of amides is 1. The van der Waals surface area contributed by atoms with Gasteiger partial charge < -0.3 is 16.2 Å². The summed E-state index contributed by atoms with van der Waals surface area (Å²) in [7, 11) is 0. The van der Waals surface area contributed by atoms with Crippen molar-refractivity contribution in [3.8, 4) is 0 Å². The minimum absolute atomic E-state index is 0.0832. The Bertz CT molecular complexity index is 477. The molecule has 1 unspecified atom stereocenters. The molecule has 0 saturated heterocycles. The fourth-order valence-corrected chi connectivity index (χ4v) is 2.08. The fourth-order valence-electron chi connectivity index (χ4n) is 1.65. The van der Waals surface area contributed by atoms with Gasteiger partial charge in [0.2, 0.25) is 0 Å². The van der Waals surface area contributed by atoms with Crippen LogP contribution in [-0.2, 0) is 4.79 Å². The number of carboxylic acids is 1. The van der Waals surface area contributed by atoms with Gasteiger partial charge in [0.05, 0.1) is 5.56 Å². The first-order chi connectivity index (χ1) is 8.90. The van der Waals surface area contributed by atoms with Crippen LogP contribution in [0.5, 0.6) is 0 Å². The third kappa shape index (κ3) is 5.30. The van der Waals surface area contributed by atoms with Crippen LogP contribution in [0.3, 0.4) is 0 Å². The smallest absolute Gasteiger partial charge is 0.303 e. The van der Waals surface area contributed by atoms with Crippen LogP contribution in [0.4, 0.5) is 5.69 Å². The second-order valence-electron chi connectivity index (χ2n) is 4.40. The van der Waals surface area contributed by atoms with E-state index in [1.54, 1.807) is 18.2 Å². The Kier molecular flexibility index (Phi) is 5.82. The van der Waals surface area contributed by atoms with Gasteiger partial charge in [0, 0.05) is 22.6 Å². The van der Waals surface area contributed by atoms with Gasteiger partial charge in [0.15, 0.2) is 0 Å². The molecule has 104 valence electrons. The summed E-state index contributed by atoms with van der Waals surface area (Å²) in [4.78, 5) is 22.4. The van der Waals surface area contributed by atoms with Gasteiger partial charge >= 0.3 is 5.97 Å². The van der Waals surface area contributed by atoms with Crippen molar-refractivity contribution in [3.05, 3.63) is 28.2 Å². The highest BCUT2D eigenvalue weighted by Crippen LogP contribution is 2.19. The average molecular weight is 329 g/mol. The van der Waals surface area contributed by atoms with Crippen molar-refractivity contribution in [1.29, 1.82) is 0 Å². The molecule has 0 aliphatic carbocycles. The van der Waals surface area contributed by atoms with Crippen LogP contribution in [0.15, 0.2) is 22.7 Å². The van der Waals surface area contributed by atoms with Crippen molar-refractivity contribution in [3.63, 3.8) is 0 Å². The molecular weight excluding hydrogens is 312 g/mol. The number of nitrogens with two attached hydrogens (primary N) is 1. The molecule has 1 amide bonds. The Balaban J connectivity index is 2.54. The number of hydrogen-bond acceptors (Lipinski definition) is 3. The molecule has 0 aliphatic rings. The standard InChI is InChI=1S/C13H17BrN2O3/c1-8(3-2-4-12(17)18)16-13(19)10-7-9(15)5-6-11(10)14/h5-8H,2-4,15H2,1H3,(H,16,19)(H,17,18). The summed E-state index contributed by atoms with van der Waals surface area (Å²) < 4.78 is 0.678. The SMILES string of the molecule is CC(CCCC(=O)O)NC(=O)c1cc(N)ccc1Br. The van der Waals surface area contributed by atoms with E-state index in [1.807, 2.05) is 6.92 Å². The first-order valence-corrected chi connectivity index (χ1v) is 6.77. The van der Waals surface area contributed by atoms with Crippen molar-refractivity contribution in [2.75, 3.05) is 5.73 Å². The number of carboxylic acid groups (broad SMARTS) is 1. The Hall–Kier alpha value is -1.56. The van der Waals surface area contributed by atoms with E-state index in [0.29, 0.717) is 28.6 Å². The van der Waals surface area contributed by atoms with Gasteiger partial charge in [-0.3, -0.25) is 9.59 Å². The highest BCUT2D eigenvalue weighted by molar-refractivity contribution is 9.10. The minimum Gasteiger partial charge on any atom is -0.481 e. The summed E-state index contributed by atoms with van der Waals surface area (Å²) in [6.45, 7) is 1.85. The average Bonchev–Trinajstić information content (AvgIpc) is 2.31. The molecule has 5 nitrogen and oxygen atoms in total. The largest absolute Gasteiger partial charge is 0.481 e. The molecule has 0 bridgehead atoms. The van der Waals surface area contributed by atoms with E-state index in [9.17, 15) is 9.59 Å². The summed E-state index contributed by atoms with van der Waals surface area (Å²) >= 11 is 3.30. The maximum absolute atomic E-state index is 12.0. The molecule has 0 fully saturated rings. The van der Waals surface area contributed by atoms with Gasteiger partial charge in [-0.2, -0.15) is 0 Å². The van der Waals surface area contributed by atoms with Gasteiger partial charge in [-0.25, -0.2) is 0 Å². The molecular formula is C13H17BrN2O3. The second kappa shape index (κ2) is 7.13. The number of nitrogens with one attached hydrogen (secondary N) is 1. The number of benzene rings is 1. The predicted molar refractivity (Wildman–Crippen MR) is 77.0 cm³/mol. The highest BCUT2D eigenvalue weighted by Gasteiger charge is 2.13. The van der Waals surface area contributed by atoms with Crippen molar-refractivity contribution < 1.29 is 14.7 Å². The summed E-state index contributed by atoms with van der Waals surface area (Å²) in [5, 5.41) is 11.4. The van der Waals surface area contributed by atoms with Crippen molar-refractivity contribution in [2.45, 2.75) is 32.2 Å². The first-order valence-electron chi connectivity index (χ1n) is 5.98. The molecule has 0 radical (unpaired) electrons. The number of nitrogen functional groups attached to an aromatic ring is 1. The number of rotatable bonds is 6. The Morgan fingerprint density at radius 1 is 1.47 bits per heavy atom. The summed E-state index contributed by atoms with van der Waals surface area (Å²) in [5.74, 6) is -1.04. The molecule has 19 heavy (non-hydrogen) atoms. The molecule has 1 aromatic carbocycles. The van der Waals surface area contributed by atoms with Crippen LogP contribution in [-0.4, -0.2) is 23.0 Å². The van der Waals surface area contributed by atoms with E-state index in [0.717, 1.165) is 0 Å². The van der Waals surface area contributed by atoms with E-state index >= 15 is 0 Å². The first kappa shape index (κ1) is 15.5. The van der Waals surface area contributed by atoms with Crippen molar-refractivity contribution in [1.82, 2.24) is 5.32 Å². The lowest BCUT2D eigenvalue weighted by molar-refractivity contribution is -0.137. The predicted octanol–water partition coefficient (Wildman–Crippen LogP) is 2.40. The van der Waals surface area contributed by atoms with Gasteiger partial charge in [-0.15, -0.1) is 0 Å². The minimum atomic E-state index is -0.822. The number of carbonyl (C=O) groups excluding carboxylic acids is 1. The Morgan fingerprint density at radius 2 is 2.16 bits per heavy atom. The van der Waals surface area contributed by atoms with Crippen LogP contribution in [0.2, 0.25) is 0 Å². The summed E-state index contributed by atoms with van der Waals surface area (Å²) in [6, 6.07) is 4.94. The number of aliphatic carboxylic acids is 1. The zero-order chi connectivity index (χ0) is 14.4. The molecule has 4 N–H and O–H groups in total. The van der Waals surface area contributed by atoms with Gasteiger partial charge in [0.25, 0.3) is 5.91 Å². The van der Waals surface area contributed by atoms with E-state index in [-0.39, 0.29) is 18.4 Å². The monoisotopic (exact) mass is 328 g/mol. The quantitative estimate of drug-likeness (QED) is 0.699. The normalized spacial score (nSPS) is 11.9. The maximum Gasteiger partial charge on any atom is 0.303 e. The zero-order valence-corrected chi connectivity index (χ0v) is 12.2. The number of anilines is 1. The molecule has 0 saturated carbocycles. The van der Waals surface area contributed by atoms with E-state index in [4.69, 9.17) is 10.8 Å². The summed E-state index contributed by atoms with van der Waals surface area (Å²) in [5.41, 5.74) is 6.64. The molecule has 0 aromatic heterocycles. The molecule has 0 spiro atoms. The molecule has 0 heterocycles. The second-order valence-corrected chi connectivity index (χ2v) is 5.25. The maximum atomic E-state index is 12.0. The summed E-state index contributed by atoms with van der Waals surface area (Å²) in [6.07, 6.45) is 1.27. The van der Waals surface area contributed by atoms with Crippen molar-refractivity contribution >= 4 is 33.5 Å². The number of halogens is 1. The lowest BCUT2D eigenvalue weighted by Gasteiger charge is -2.14. The van der Waals surface area contributed by atoms with Crippen LogP contribution < -0.4 is 11.1 Å². The molecule has 1 atom stereocenters. The number of hydrogen-bond donors (Lipinski definition) is 3. The van der Waals surface area contributed by atoms with Crippen LogP contribution in [0, 0.1) is 0 Å². The van der Waals surface area contributed by atoms with Crippen LogP contribution in [0.1, 0.15) is 36.5 Å². The lowest BCUT2D eigenvalue weighted by atomic mass is 10.1. The Labute approximate surface area is 120 Å². The van der Waals surface area contributed by atoms with Crippen molar-refractivity contribution in [2.24, 2.45) is 0 Å². The highest BCUT2D eigenvalue weighted by atomic mass is 79.9. The Morgan fingerprint density at radius 3 is 2.79 bits per heavy atom. The third-order valence-corrected chi connectivity index (χ3v) is 3.33. The fraction of sp³-hybridized carbons (Fsp3) is 0.385. The van der Waals surface area contributed by atoms with Gasteiger partial charge in [-0.1, -0.05) is 0 Å². The number of carbonyl (C=O) groups is 2. The van der Waals surface area contributed by atoms with E-state index in [2.05, 4.69) is 21.2 Å². The third-order valence-electron chi connectivity index (χ3n) is 2.64. The molecule has 0 aliphatic heterocycles. The van der Waals surface area contributed by atoms with E-state index < -0.39 is 5.97 Å². The molecule has 1 rings (SSSR count). The lowest BCUT2D eigenvalue weighted by Crippen LogP contribution is -2.32. The van der Waals surface area contributed by atoms with Crippen LogP contribution >= 0.6 is 15.9 Å². The van der Waals surface area contributed by atoms with E-state index in [1.165, 1.54) is 0 Å². The zero-order valence-electron chi connectivity index (χ0n) is 10.6. The van der Waals surface area contributed by atoms with Crippen LogP contribution in [0.25, 0.3) is 0 Å².